The summed E-state index contributed by atoms with van der Waals surface area (Å²) in [6.45, 7) is 4.94. The Balaban J connectivity index is 1.61. The first-order valence-corrected chi connectivity index (χ1v) is 12.2. The summed E-state index contributed by atoms with van der Waals surface area (Å²) in [5, 5.41) is 0. The highest BCUT2D eigenvalue weighted by Crippen LogP contribution is 2.45. The predicted molar refractivity (Wildman–Crippen MR) is 117 cm³/mol. The molecule has 2 atom stereocenters. The first-order valence-electron chi connectivity index (χ1n) is 10.8. The number of sulfonamides is 1. The lowest BCUT2D eigenvalue weighted by atomic mass is 9.91. The highest BCUT2D eigenvalue weighted by Gasteiger charge is 2.44. The van der Waals surface area contributed by atoms with E-state index in [-0.39, 0.29) is 12.1 Å². The molecule has 0 spiro atoms. The van der Waals surface area contributed by atoms with Gasteiger partial charge in [0.15, 0.2) is 0 Å². The molecule has 30 heavy (non-hydrogen) atoms. The maximum absolute atomic E-state index is 13.8. The molecule has 3 aliphatic rings. The molecule has 2 aromatic carbocycles. The quantitative estimate of drug-likeness (QED) is 0.746. The highest BCUT2D eigenvalue weighted by atomic mass is 32.2. The molecule has 2 unspecified atom stereocenters. The van der Waals surface area contributed by atoms with E-state index in [0.29, 0.717) is 29.5 Å². The minimum atomic E-state index is -3.70. The van der Waals surface area contributed by atoms with Crippen LogP contribution in [0.2, 0.25) is 0 Å². The van der Waals surface area contributed by atoms with Crippen LogP contribution in [0.5, 0.6) is 5.75 Å². The number of hydrogen-bond acceptors (Lipinski definition) is 5. The van der Waals surface area contributed by atoms with E-state index in [1.54, 1.807) is 16.4 Å². The van der Waals surface area contributed by atoms with Crippen molar-refractivity contribution in [1.29, 1.82) is 0 Å². The van der Waals surface area contributed by atoms with E-state index < -0.39 is 10.0 Å². The maximum Gasteiger partial charge on any atom is 0.264 e. The monoisotopic (exact) mass is 428 g/mol. The minimum Gasteiger partial charge on any atom is -0.486 e. The normalized spacial score (nSPS) is 24.0. The van der Waals surface area contributed by atoms with Gasteiger partial charge >= 0.3 is 0 Å². The van der Waals surface area contributed by atoms with E-state index in [1.807, 2.05) is 37.3 Å². The molecule has 7 heteroatoms. The number of hydrogen-bond donors (Lipinski definition) is 0. The van der Waals surface area contributed by atoms with Crippen LogP contribution in [-0.2, 0) is 14.8 Å². The van der Waals surface area contributed by atoms with Crippen molar-refractivity contribution in [2.24, 2.45) is 0 Å². The van der Waals surface area contributed by atoms with Gasteiger partial charge in [-0.2, -0.15) is 0 Å². The largest absolute Gasteiger partial charge is 0.486 e. The van der Waals surface area contributed by atoms with Gasteiger partial charge in [0.2, 0.25) is 0 Å². The van der Waals surface area contributed by atoms with Gasteiger partial charge in [-0.05, 0) is 56.5 Å². The number of rotatable bonds is 3. The van der Waals surface area contributed by atoms with E-state index in [4.69, 9.17) is 9.47 Å². The molecule has 2 aromatic rings. The molecule has 0 N–H and O–H groups in total. The topological polar surface area (TPSA) is 59.1 Å². The standard InChI is InChI=1S/C23H28N2O4S/c1-17-6-9-19(10-7-17)30(26,27)25-20-4-2-3-5-22(20)29-23-11-8-18(16-21(23)25)24-12-14-28-15-13-24/h6-11,16,20,22H,2-5,12-15H2,1H3. The summed E-state index contributed by atoms with van der Waals surface area (Å²) < 4.78 is 41.1. The summed E-state index contributed by atoms with van der Waals surface area (Å²) >= 11 is 0. The molecular weight excluding hydrogens is 400 g/mol. The van der Waals surface area contributed by atoms with Crippen molar-refractivity contribution in [2.45, 2.75) is 49.6 Å². The van der Waals surface area contributed by atoms with Crippen LogP contribution in [0.1, 0.15) is 31.2 Å². The smallest absolute Gasteiger partial charge is 0.264 e. The van der Waals surface area contributed by atoms with Gasteiger partial charge in [0.05, 0.1) is 29.8 Å². The Morgan fingerprint density at radius 3 is 2.47 bits per heavy atom. The van der Waals surface area contributed by atoms with Gasteiger partial charge in [0.25, 0.3) is 10.0 Å². The third-order valence-corrected chi connectivity index (χ3v) is 8.23. The van der Waals surface area contributed by atoms with E-state index >= 15 is 0 Å². The van der Waals surface area contributed by atoms with Crippen LogP contribution in [-0.4, -0.2) is 46.9 Å². The number of anilines is 2. The fourth-order valence-electron chi connectivity index (χ4n) is 4.75. The fraction of sp³-hybridized carbons (Fsp3) is 0.478. The Labute approximate surface area is 178 Å². The Morgan fingerprint density at radius 2 is 1.70 bits per heavy atom. The van der Waals surface area contributed by atoms with Crippen molar-refractivity contribution in [1.82, 2.24) is 0 Å². The van der Waals surface area contributed by atoms with Crippen LogP contribution in [0.3, 0.4) is 0 Å². The molecule has 1 saturated carbocycles. The summed E-state index contributed by atoms with van der Waals surface area (Å²) in [4.78, 5) is 2.58. The third-order valence-electron chi connectivity index (χ3n) is 6.38. The summed E-state index contributed by atoms with van der Waals surface area (Å²) in [6, 6.07) is 12.9. The molecule has 1 aliphatic carbocycles. The lowest BCUT2D eigenvalue weighted by molar-refractivity contribution is 0.121. The van der Waals surface area contributed by atoms with E-state index in [0.717, 1.165) is 50.0 Å². The van der Waals surface area contributed by atoms with Crippen molar-refractivity contribution >= 4 is 21.4 Å². The molecule has 6 nitrogen and oxygen atoms in total. The van der Waals surface area contributed by atoms with Crippen molar-refractivity contribution in [3.63, 3.8) is 0 Å². The second-order valence-corrected chi connectivity index (χ2v) is 10.2. The van der Waals surface area contributed by atoms with Gasteiger partial charge in [0, 0.05) is 18.8 Å². The SMILES string of the molecule is Cc1ccc(S(=O)(=O)N2c3cc(N4CCOCC4)ccc3OC3CCCCC32)cc1. The molecule has 0 amide bonds. The van der Waals surface area contributed by atoms with E-state index in [9.17, 15) is 8.42 Å². The average molecular weight is 429 g/mol. The zero-order valence-corrected chi connectivity index (χ0v) is 18.1. The molecule has 0 aromatic heterocycles. The zero-order valence-electron chi connectivity index (χ0n) is 17.3. The Bertz CT molecular complexity index is 1020. The zero-order chi connectivity index (χ0) is 20.7. The van der Waals surface area contributed by atoms with Crippen molar-refractivity contribution < 1.29 is 17.9 Å². The number of morpholine rings is 1. The fourth-order valence-corrected chi connectivity index (χ4v) is 6.46. The second-order valence-electron chi connectivity index (χ2n) is 8.37. The van der Waals surface area contributed by atoms with Gasteiger partial charge in [-0.15, -0.1) is 0 Å². The third kappa shape index (κ3) is 3.44. The van der Waals surface area contributed by atoms with Gasteiger partial charge in [-0.3, -0.25) is 4.31 Å². The molecule has 2 fully saturated rings. The molecule has 0 bridgehead atoms. The Hall–Kier alpha value is -2.25. The number of aryl methyl sites for hydroxylation is 1. The minimum absolute atomic E-state index is 0.0966. The number of nitrogens with zero attached hydrogens (tertiary/aromatic N) is 2. The van der Waals surface area contributed by atoms with Crippen LogP contribution >= 0.6 is 0 Å². The number of ether oxygens (including phenoxy) is 2. The Morgan fingerprint density at radius 1 is 0.967 bits per heavy atom. The molecule has 2 aliphatic heterocycles. The summed E-state index contributed by atoms with van der Waals surface area (Å²) in [5.74, 6) is 0.658. The number of benzene rings is 2. The molecule has 2 heterocycles. The van der Waals surface area contributed by atoms with Gasteiger partial charge < -0.3 is 14.4 Å². The van der Waals surface area contributed by atoms with Crippen molar-refractivity contribution in [2.75, 3.05) is 35.5 Å². The molecular formula is C23H28N2O4S. The molecule has 1 saturated heterocycles. The van der Waals surface area contributed by atoms with E-state index in [2.05, 4.69) is 4.90 Å². The predicted octanol–water partition coefficient (Wildman–Crippen LogP) is 3.73. The molecule has 0 radical (unpaired) electrons. The van der Waals surface area contributed by atoms with Gasteiger partial charge in [-0.25, -0.2) is 8.42 Å². The summed E-state index contributed by atoms with van der Waals surface area (Å²) in [7, 11) is -3.70. The number of fused-ring (bicyclic) bond motifs is 2. The highest BCUT2D eigenvalue weighted by molar-refractivity contribution is 7.92. The van der Waals surface area contributed by atoms with Gasteiger partial charge in [0.1, 0.15) is 11.9 Å². The first kappa shape index (κ1) is 19.7. The van der Waals surface area contributed by atoms with Crippen LogP contribution in [0.25, 0.3) is 0 Å². The summed E-state index contributed by atoms with van der Waals surface area (Å²) in [5.41, 5.74) is 2.71. The lowest BCUT2D eigenvalue weighted by Gasteiger charge is -2.45. The maximum atomic E-state index is 13.8. The molecule has 160 valence electrons. The Kier molecular flexibility index (Phi) is 5.11. The van der Waals surface area contributed by atoms with Crippen LogP contribution in [0.15, 0.2) is 47.4 Å². The van der Waals surface area contributed by atoms with Crippen LogP contribution < -0.4 is 13.9 Å². The first-order chi connectivity index (χ1) is 14.5. The van der Waals surface area contributed by atoms with Crippen molar-refractivity contribution in [3.8, 4) is 5.75 Å². The van der Waals surface area contributed by atoms with Crippen LogP contribution in [0, 0.1) is 6.92 Å². The second kappa shape index (κ2) is 7.78. The van der Waals surface area contributed by atoms with Crippen LogP contribution in [0.4, 0.5) is 11.4 Å². The summed E-state index contributed by atoms with van der Waals surface area (Å²) in [6.07, 6.45) is 3.69. The van der Waals surface area contributed by atoms with Crippen molar-refractivity contribution in [3.05, 3.63) is 48.0 Å². The lowest BCUT2D eigenvalue weighted by Crippen LogP contribution is -2.53. The molecule has 5 rings (SSSR count). The van der Waals surface area contributed by atoms with E-state index in [1.165, 1.54) is 0 Å². The average Bonchev–Trinajstić information content (AvgIpc) is 2.78. The van der Waals surface area contributed by atoms with Gasteiger partial charge in [-0.1, -0.05) is 24.1 Å².